The zero-order chi connectivity index (χ0) is 10.3. The first-order chi connectivity index (χ1) is 6.59. The maximum atomic E-state index is 11.1. The van der Waals surface area contributed by atoms with Crippen LogP contribution in [0.15, 0.2) is 6.07 Å². The van der Waals surface area contributed by atoms with Crippen molar-refractivity contribution in [2.24, 2.45) is 11.5 Å². The van der Waals surface area contributed by atoms with E-state index in [0.717, 1.165) is 29.7 Å². The standard InChI is InChI=1S/C9H10N2O2S/c10-8(12)6-3-5(4-1-2-4)7(14-6)9(11)13/h3-4H,1-2H2,(H2,10,12)(H2,11,13). The molecule has 0 bridgehead atoms. The fourth-order valence-corrected chi connectivity index (χ4v) is 2.37. The summed E-state index contributed by atoms with van der Waals surface area (Å²) >= 11 is 1.09. The lowest BCUT2D eigenvalue weighted by atomic mass is 10.1. The van der Waals surface area contributed by atoms with Gasteiger partial charge in [-0.05, 0) is 30.4 Å². The van der Waals surface area contributed by atoms with E-state index in [1.807, 2.05) is 0 Å². The van der Waals surface area contributed by atoms with Crippen LogP contribution >= 0.6 is 11.3 Å². The Hall–Kier alpha value is -1.36. The van der Waals surface area contributed by atoms with Crippen LogP contribution < -0.4 is 11.5 Å². The molecule has 0 radical (unpaired) electrons. The fourth-order valence-electron chi connectivity index (χ4n) is 1.42. The predicted octanol–water partition coefficient (Wildman–Crippen LogP) is 0.823. The highest BCUT2D eigenvalue weighted by Crippen LogP contribution is 2.44. The second kappa shape index (κ2) is 3.09. The summed E-state index contributed by atoms with van der Waals surface area (Å²) in [5.41, 5.74) is 11.2. The van der Waals surface area contributed by atoms with Gasteiger partial charge in [-0.15, -0.1) is 11.3 Å². The van der Waals surface area contributed by atoms with Crippen molar-refractivity contribution in [3.8, 4) is 0 Å². The van der Waals surface area contributed by atoms with Crippen LogP contribution in [0, 0.1) is 0 Å². The number of hydrogen-bond donors (Lipinski definition) is 2. The molecule has 14 heavy (non-hydrogen) atoms. The van der Waals surface area contributed by atoms with Gasteiger partial charge < -0.3 is 11.5 Å². The number of nitrogens with two attached hydrogens (primary N) is 2. The molecule has 1 saturated carbocycles. The van der Waals surface area contributed by atoms with Gasteiger partial charge in [-0.25, -0.2) is 0 Å². The summed E-state index contributed by atoms with van der Waals surface area (Å²) in [6.45, 7) is 0. The van der Waals surface area contributed by atoms with Gasteiger partial charge in [0.1, 0.15) is 0 Å². The van der Waals surface area contributed by atoms with E-state index in [4.69, 9.17) is 11.5 Å². The van der Waals surface area contributed by atoms with Gasteiger partial charge in [-0.2, -0.15) is 0 Å². The lowest BCUT2D eigenvalue weighted by Crippen LogP contribution is -2.10. The third kappa shape index (κ3) is 1.50. The van der Waals surface area contributed by atoms with E-state index < -0.39 is 11.8 Å². The Labute approximate surface area is 84.9 Å². The minimum Gasteiger partial charge on any atom is -0.365 e. The molecule has 1 aromatic heterocycles. The Bertz CT molecular complexity index is 407. The molecule has 2 amide bonds. The van der Waals surface area contributed by atoms with Crippen LogP contribution in [0.2, 0.25) is 0 Å². The van der Waals surface area contributed by atoms with Crippen LogP contribution in [0.4, 0.5) is 0 Å². The number of hydrogen-bond acceptors (Lipinski definition) is 3. The fraction of sp³-hybridized carbons (Fsp3) is 0.333. The van der Waals surface area contributed by atoms with Gasteiger partial charge in [0.15, 0.2) is 0 Å². The van der Waals surface area contributed by atoms with Gasteiger partial charge in [0, 0.05) is 0 Å². The summed E-state index contributed by atoms with van der Waals surface area (Å²) in [5.74, 6) is -0.560. The lowest BCUT2D eigenvalue weighted by Gasteiger charge is -1.94. The van der Waals surface area contributed by atoms with Crippen molar-refractivity contribution in [2.45, 2.75) is 18.8 Å². The highest BCUT2D eigenvalue weighted by molar-refractivity contribution is 7.16. The van der Waals surface area contributed by atoms with Gasteiger partial charge in [0.05, 0.1) is 9.75 Å². The summed E-state index contributed by atoms with van der Waals surface area (Å²) in [6, 6.07) is 1.70. The summed E-state index contributed by atoms with van der Waals surface area (Å²) < 4.78 is 0. The third-order valence-electron chi connectivity index (χ3n) is 2.24. The van der Waals surface area contributed by atoms with Crippen molar-refractivity contribution >= 4 is 23.2 Å². The average Bonchev–Trinajstić information content (AvgIpc) is 2.83. The smallest absolute Gasteiger partial charge is 0.259 e. The quantitative estimate of drug-likeness (QED) is 0.773. The summed E-state index contributed by atoms with van der Waals surface area (Å²) in [4.78, 5) is 22.9. The molecule has 1 aliphatic rings. The molecule has 1 aliphatic carbocycles. The maximum absolute atomic E-state index is 11.1. The Balaban J connectivity index is 2.45. The zero-order valence-corrected chi connectivity index (χ0v) is 8.26. The molecule has 0 spiro atoms. The molecule has 0 aliphatic heterocycles. The van der Waals surface area contributed by atoms with Crippen molar-refractivity contribution in [2.75, 3.05) is 0 Å². The van der Waals surface area contributed by atoms with Crippen LogP contribution in [-0.2, 0) is 0 Å². The van der Waals surface area contributed by atoms with Crippen molar-refractivity contribution < 1.29 is 9.59 Å². The van der Waals surface area contributed by atoms with Gasteiger partial charge in [-0.1, -0.05) is 0 Å². The lowest BCUT2D eigenvalue weighted by molar-refractivity contribution is 0.0996. The van der Waals surface area contributed by atoms with Gasteiger partial charge >= 0.3 is 0 Å². The Morgan fingerprint density at radius 2 is 1.93 bits per heavy atom. The summed E-state index contributed by atoms with van der Waals surface area (Å²) in [5, 5.41) is 0. The van der Waals surface area contributed by atoms with Crippen molar-refractivity contribution in [3.63, 3.8) is 0 Å². The van der Waals surface area contributed by atoms with Crippen molar-refractivity contribution in [3.05, 3.63) is 21.4 Å². The minimum absolute atomic E-state index is 0.404. The Morgan fingerprint density at radius 3 is 2.36 bits per heavy atom. The van der Waals surface area contributed by atoms with E-state index in [-0.39, 0.29) is 0 Å². The first-order valence-corrected chi connectivity index (χ1v) is 5.14. The highest BCUT2D eigenvalue weighted by atomic mass is 32.1. The molecule has 74 valence electrons. The third-order valence-corrected chi connectivity index (χ3v) is 3.42. The van der Waals surface area contributed by atoms with E-state index in [0.29, 0.717) is 15.7 Å². The molecule has 2 rings (SSSR count). The molecule has 1 fully saturated rings. The number of rotatable bonds is 3. The van der Waals surface area contributed by atoms with Crippen LogP contribution in [0.25, 0.3) is 0 Å². The number of amides is 2. The number of carbonyl (C=O) groups excluding carboxylic acids is 2. The van der Waals surface area contributed by atoms with E-state index in [9.17, 15) is 9.59 Å². The van der Waals surface area contributed by atoms with Crippen LogP contribution in [0.1, 0.15) is 43.7 Å². The van der Waals surface area contributed by atoms with Crippen LogP contribution in [0.3, 0.4) is 0 Å². The second-order valence-corrected chi connectivity index (χ2v) is 4.45. The molecule has 4 nitrogen and oxygen atoms in total. The minimum atomic E-state index is -0.496. The zero-order valence-electron chi connectivity index (χ0n) is 7.45. The molecule has 1 heterocycles. The summed E-state index contributed by atoms with van der Waals surface area (Å²) in [7, 11) is 0. The topological polar surface area (TPSA) is 86.2 Å². The second-order valence-electron chi connectivity index (χ2n) is 3.40. The van der Waals surface area contributed by atoms with Crippen LogP contribution in [-0.4, -0.2) is 11.8 Å². The average molecular weight is 210 g/mol. The molecule has 5 heteroatoms. The first-order valence-electron chi connectivity index (χ1n) is 4.33. The maximum Gasteiger partial charge on any atom is 0.259 e. The molecule has 0 aromatic carbocycles. The molecule has 0 unspecified atom stereocenters. The number of thiophene rings is 1. The largest absolute Gasteiger partial charge is 0.365 e. The van der Waals surface area contributed by atoms with Crippen molar-refractivity contribution in [1.29, 1.82) is 0 Å². The van der Waals surface area contributed by atoms with Gasteiger partial charge in [0.2, 0.25) is 0 Å². The molecule has 1 aromatic rings. The Morgan fingerprint density at radius 1 is 1.29 bits per heavy atom. The van der Waals surface area contributed by atoms with E-state index in [1.54, 1.807) is 6.07 Å². The predicted molar refractivity (Wildman–Crippen MR) is 53.3 cm³/mol. The van der Waals surface area contributed by atoms with Crippen LogP contribution in [0.5, 0.6) is 0 Å². The number of carbonyl (C=O) groups is 2. The van der Waals surface area contributed by atoms with Crippen molar-refractivity contribution in [1.82, 2.24) is 0 Å². The molecular formula is C9H10N2O2S. The van der Waals surface area contributed by atoms with E-state index >= 15 is 0 Å². The van der Waals surface area contributed by atoms with Gasteiger partial charge in [-0.3, -0.25) is 9.59 Å². The first kappa shape index (κ1) is 9.21. The Kier molecular flexibility index (Phi) is 2.03. The summed E-state index contributed by atoms with van der Waals surface area (Å²) in [6.07, 6.45) is 2.13. The van der Waals surface area contributed by atoms with E-state index in [1.165, 1.54) is 0 Å². The van der Waals surface area contributed by atoms with E-state index in [2.05, 4.69) is 0 Å². The molecule has 0 saturated heterocycles. The molecular weight excluding hydrogens is 200 g/mol. The number of primary amides is 2. The molecule has 4 N–H and O–H groups in total. The molecule has 0 atom stereocenters. The van der Waals surface area contributed by atoms with Gasteiger partial charge in [0.25, 0.3) is 11.8 Å². The normalized spacial score (nSPS) is 15.4. The SMILES string of the molecule is NC(=O)c1cc(C2CC2)c(C(N)=O)s1. The monoisotopic (exact) mass is 210 g/mol. The highest BCUT2D eigenvalue weighted by Gasteiger charge is 2.30.